The van der Waals surface area contributed by atoms with Crippen molar-refractivity contribution in [2.45, 2.75) is 25.2 Å². The molecule has 0 unspecified atom stereocenters. The molecule has 2 aliphatic heterocycles. The van der Waals surface area contributed by atoms with Crippen molar-refractivity contribution >= 4 is 11.5 Å². The molecule has 0 bridgehead atoms. The maximum atomic E-state index is 13.2. The van der Waals surface area contributed by atoms with Gasteiger partial charge in [0.25, 0.3) is 0 Å². The Hall–Kier alpha value is -2.66. The van der Waals surface area contributed by atoms with Crippen molar-refractivity contribution in [3.05, 3.63) is 41.2 Å². The third-order valence-electron chi connectivity index (χ3n) is 4.21. The van der Waals surface area contributed by atoms with Crippen LogP contribution in [0.15, 0.2) is 40.5 Å². The number of pyridine rings is 1. The highest BCUT2D eigenvalue weighted by molar-refractivity contribution is 6.07. The third kappa shape index (κ3) is 4.06. The lowest BCUT2D eigenvalue weighted by atomic mass is 10.0. The topological polar surface area (TPSA) is 37.7 Å². The maximum Gasteiger partial charge on any atom is 0.456 e. The highest BCUT2D eigenvalue weighted by Crippen LogP contribution is 2.39. The number of halogens is 8. The zero-order valence-corrected chi connectivity index (χ0v) is 14.7. The Labute approximate surface area is 159 Å². The van der Waals surface area contributed by atoms with E-state index in [9.17, 15) is 35.1 Å². The summed E-state index contributed by atoms with van der Waals surface area (Å²) in [5.41, 5.74) is -0.0977. The average Bonchev–Trinajstić information content (AvgIpc) is 3.07. The molecule has 3 heterocycles. The van der Waals surface area contributed by atoms with Crippen molar-refractivity contribution in [3.63, 3.8) is 0 Å². The van der Waals surface area contributed by atoms with Gasteiger partial charge in [0.1, 0.15) is 11.6 Å². The van der Waals surface area contributed by atoms with Gasteiger partial charge in [-0.25, -0.2) is 0 Å². The molecule has 1 aromatic rings. The summed E-state index contributed by atoms with van der Waals surface area (Å²) < 4.78 is 107. The van der Waals surface area contributed by atoms with Crippen LogP contribution in [0.1, 0.15) is 12.6 Å². The summed E-state index contributed by atoms with van der Waals surface area (Å²) in [5, 5.41) is 0. The zero-order chi connectivity index (χ0) is 21.6. The molecule has 0 N–H and O–H groups in total. The average molecular weight is 427 g/mol. The van der Waals surface area contributed by atoms with Crippen LogP contribution in [0.4, 0.5) is 35.1 Å². The molecule has 0 spiro atoms. The molecular weight excluding hydrogens is 414 g/mol. The number of aromatic nitrogens is 1. The minimum Gasteiger partial charge on any atom is -0.485 e. The van der Waals surface area contributed by atoms with E-state index in [0.29, 0.717) is 5.70 Å². The van der Waals surface area contributed by atoms with Crippen molar-refractivity contribution in [3.8, 4) is 5.75 Å². The van der Waals surface area contributed by atoms with Gasteiger partial charge >= 0.3 is 18.3 Å². The van der Waals surface area contributed by atoms with Gasteiger partial charge in [-0.1, -0.05) is 0 Å². The van der Waals surface area contributed by atoms with Crippen LogP contribution in [0.3, 0.4) is 0 Å². The summed E-state index contributed by atoms with van der Waals surface area (Å²) in [7, 11) is 0. The van der Waals surface area contributed by atoms with Gasteiger partial charge < -0.3 is 9.64 Å². The Morgan fingerprint density at radius 3 is 2.31 bits per heavy atom. The molecule has 0 aromatic carbocycles. The smallest absolute Gasteiger partial charge is 0.456 e. The molecule has 12 heteroatoms. The van der Waals surface area contributed by atoms with Gasteiger partial charge in [-0.3, -0.25) is 9.98 Å². The van der Waals surface area contributed by atoms with Gasteiger partial charge in [0.2, 0.25) is 0 Å². The van der Waals surface area contributed by atoms with Gasteiger partial charge in [-0.2, -0.15) is 35.1 Å². The summed E-state index contributed by atoms with van der Waals surface area (Å²) in [6.07, 6.45) is -8.48. The van der Waals surface area contributed by atoms with Crippen LogP contribution in [0.2, 0.25) is 0 Å². The quantitative estimate of drug-likeness (QED) is 0.659. The fourth-order valence-electron chi connectivity index (χ4n) is 2.87. The Kier molecular flexibility index (Phi) is 5.08. The Bertz CT molecular complexity index is 881. The number of fused-ring (bicyclic) bond motifs is 1. The van der Waals surface area contributed by atoms with E-state index in [-0.39, 0.29) is 35.9 Å². The number of amidine groups is 1. The standard InChI is InChI=1S/C17H13F8N3O/c1-9-6-11(16(20,21)22)14-26-4-5-28(14)13(9)12-3-2-10(7-27-12)29-8-15(18,19)17(23,24)25/h2-3,6-7H,4-5,8H2,1H3. The third-order valence-corrected chi connectivity index (χ3v) is 4.21. The summed E-state index contributed by atoms with van der Waals surface area (Å²) in [6, 6.07) is 2.38. The highest BCUT2D eigenvalue weighted by Gasteiger charge is 2.58. The first-order valence-electron chi connectivity index (χ1n) is 8.17. The van der Waals surface area contributed by atoms with Crippen molar-refractivity contribution in [1.82, 2.24) is 9.88 Å². The SMILES string of the molecule is CC1=C(c2ccc(OCC(F)(F)C(F)(F)F)cn2)N2CCN=C2C(C(F)(F)F)=C1. The molecule has 0 radical (unpaired) electrons. The number of nitrogens with zero attached hydrogens (tertiary/aromatic N) is 3. The molecule has 2 aliphatic rings. The zero-order valence-electron chi connectivity index (χ0n) is 14.7. The first-order chi connectivity index (χ1) is 13.3. The van der Waals surface area contributed by atoms with E-state index >= 15 is 0 Å². The largest absolute Gasteiger partial charge is 0.485 e. The number of allylic oxidation sites excluding steroid dienone is 2. The molecule has 0 saturated heterocycles. The van der Waals surface area contributed by atoms with E-state index < -0.39 is 30.5 Å². The number of hydrogen-bond acceptors (Lipinski definition) is 4. The molecule has 0 atom stereocenters. The van der Waals surface area contributed by atoms with Gasteiger partial charge in [0, 0.05) is 6.54 Å². The fourth-order valence-corrected chi connectivity index (χ4v) is 2.87. The molecule has 0 fully saturated rings. The molecule has 0 amide bonds. The molecule has 3 rings (SSSR count). The summed E-state index contributed by atoms with van der Waals surface area (Å²) >= 11 is 0. The Morgan fingerprint density at radius 2 is 1.76 bits per heavy atom. The van der Waals surface area contributed by atoms with E-state index in [0.717, 1.165) is 18.3 Å². The second-order valence-corrected chi connectivity index (χ2v) is 6.31. The highest BCUT2D eigenvalue weighted by atomic mass is 19.4. The fraction of sp³-hybridized carbons (Fsp3) is 0.412. The lowest BCUT2D eigenvalue weighted by molar-refractivity contribution is -0.290. The minimum atomic E-state index is -5.75. The molecule has 4 nitrogen and oxygen atoms in total. The van der Waals surface area contributed by atoms with Gasteiger partial charge in [-0.15, -0.1) is 0 Å². The maximum absolute atomic E-state index is 13.2. The van der Waals surface area contributed by atoms with Gasteiger partial charge in [0.05, 0.1) is 29.7 Å². The lowest BCUT2D eigenvalue weighted by Crippen LogP contribution is -2.41. The molecule has 0 aliphatic carbocycles. The lowest BCUT2D eigenvalue weighted by Gasteiger charge is -2.30. The van der Waals surface area contributed by atoms with Crippen molar-refractivity contribution in [2.75, 3.05) is 19.7 Å². The molecule has 0 saturated carbocycles. The monoisotopic (exact) mass is 427 g/mol. The number of rotatable bonds is 4. The van der Waals surface area contributed by atoms with Gasteiger partial charge in [-0.05, 0) is 30.7 Å². The van der Waals surface area contributed by atoms with E-state index in [1.165, 1.54) is 17.9 Å². The molecule has 158 valence electrons. The van der Waals surface area contributed by atoms with Crippen LogP contribution in [0, 0.1) is 0 Å². The first kappa shape index (κ1) is 21.1. The molecule has 29 heavy (non-hydrogen) atoms. The summed E-state index contributed by atoms with van der Waals surface area (Å²) in [4.78, 5) is 9.18. The van der Waals surface area contributed by atoms with Crippen molar-refractivity contribution in [1.29, 1.82) is 0 Å². The van der Waals surface area contributed by atoms with Crippen molar-refractivity contribution < 1.29 is 39.9 Å². The second kappa shape index (κ2) is 6.99. The van der Waals surface area contributed by atoms with Gasteiger partial charge in [0.15, 0.2) is 6.61 Å². The number of aliphatic imine (C=N–C) groups is 1. The van der Waals surface area contributed by atoms with Crippen LogP contribution in [0.25, 0.3) is 5.70 Å². The summed E-state index contributed by atoms with van der Waals surface area (Å²) in [5.74, 6) is -5.62. The summed E-state index contributed by atoms with van der Waals surface area (Å²) in [6.45, 7) is -0.133. The number of ether oxygens (including phenoxy) is 1. The van der Waals surface area contributed by atoms with E-state index in [2.05, 4.69) is 14.7 Å². The van der Waals surface area contributed by atoms with Crippen LogP contribution < -0.4 is 4.74 Å². The van der Waals surface area contributed by atoms with Crippen molar-refractivity contribution in [2.24, 2.45) is 4.99 Å². The molecule has 1 aromatic heterocycles. The first-order valence-corrected chi connectivity index (χ1v) is 8.17. The van der Waals surface area contributed by atoms with E-state index in [1.807, 2.05) is 0 Å². The van der Waals surface area contributed by atoms with Crippen LogP contribution in [-0.2, 0) is 0 Å². The van der Waals surface area contributed by atoms with E-state index in [1.54, 1.807) is 0 Å². The Morgan fingerprint density at radius 1 is 1.07 bits per heavy atom. The minimum absolute atomic E-state index is 0.146. The second-order valence-electron chi connectivity index (χ2n) is 6.31. The number of alkyl halides is 8. The van der Waals surface area contributed by atoms with Crippen LogP contribution >= 0.6 is 0 Å². The normalized spacial score (nSPS) is 17.9. The number of hydrogen-bond donors (Lipinski definition) is 0. The van der Waals surface area contributed by atoms with E-state index in [4.69, 9.17) is 0 Å². The molecular formula is C17H13F8N3O. The Balaban J connectivity index is 1.85. The predicted molar refractivity (Wildman–Crippen MR) is 86.5 cm³/mol. The predicted octanol–water partition coefficient (Wildman–Crippen LogP) is 4.61. The van der Waals surface area contributed by atoms with Crippen LogP contribution in [-0.4, -0.2) is 53.7 Å². The van der Waals surface area contributed by atoms with Crippen LogP contribution in [0.5, 0.6) is 5.75 Å².